The molecule has 0 spiro atoms. The summed E-state index contributed by atoms with van der Waals surface area (Å²) in [7, 11) is -11.9. The van der Waals surface area contributed by atoms with Crippen LogP contribution < -0.4 is 14.9 Å². The van der Waals surface area contributed by atoms with Crippen LogP contribution in [-0.4, -0.2) is 32.7 Å². The van der Waals surface area contributed by atoms with Crippen LogP contribution in [0.3, 0.4) is 0 Å². The first-order valence-electron chi connectivity index (χ1n) is 7.17. The molecule has 138 valence electrons. The van der Waals surface area contributed by atoms with Gasteiger partial charge in [-0.1, -0.05) is 36.4 Å². The van der Waals surface area contributed by atoms with E-state index in [0.717, 1.165) is 5.56 Å². The van der Waals surface area contributed by atoms with Gasteiger partial charge in [0.2, 0.25) is 15.0 Å². The number of sulfone groups is 2. The molecule has 2 aromatic rings. The summed E-state index contributed by atoms with van der Waals surface area (Å²) in [6.07, 6.45) is 0.478. The molecule has 0 aliphatic rings. The van der Waals surface area contributed by atoms with Crippen molar-refractivity contribution < 1.29 is 31.3 Å². The summed E-state index contributed by atoms with van der Waals surface area (Å²) in [5.74, 6) is 0.356. The number of carbonyl (C=O) groups excluding carboxylic acids is 1. The monoisotopic (exact) mass is 414 g/mol. The van der Waals surface area contributed by atoms with Crippen LogP contribution in [0.4, 0.5) is 4.79 Å². The van der Waals surface area contributed by atoms with E-state index >= 15 is 0 Å². The summed E-state index contributed by atoms with van der Waals surface area (Å²) in [6, 6.07) is 15.2. The Hall–Kier alpha value is -2.06. The number of ether oxygens (including phenoxy) is 1. The Labute approximate surface area is 152 Å². The molecule has 0 aromatic heterocycles. The van der Waals surface area contributed by atoms with E-state index in [-0.39, 0.29) is 17.0 Å². The summed E-state index contributed by atoms with van der Waals surface area (Å²) < 4.78 is 49.3. The third-order valence-corrected chi connectivity index (χ3v) is 8.43. The molecule has 0 fully saturated rings. The highest BCUT2D eigenvalue weighted by molar-refractivity contribution is 8.38. The van der Waals surface area contributed by atoms with Crippen LogP contribution in [0, 0.1) is 0 Å². The average Bonchev–Trinajstić information content (AvgIpc) is 2.59. The Balaban J connectivity index is 2.22. The third kappa shape index (κ3) is 5.47. The first-order chi connectivity index (χ1) is 12.1. The molecular weight excluding hydrogens is 399 g/mol. The van der Waals surface area contributed by atoms with E-state index in [1.54, 1.807) is 6.07 Å². The van der Waals surface area contributed by atoms with Crippen LogP contribution in [-0.2, 0) is 26.3 Å². The van der Waals surface area contributed by atoms with E-state index < -0.39 is 31.9 Å². The van der Waals surface area contributed by atoms with Crippen molar-refractivity contribution in [3.05, 3.63) is 60.2 Å². The van der Waals surface area contributed by atoms with Gasteiger partial charge in [0.1, 0.15) is 25.4 Å². The molecule has 0 heterocycles. The zero-order valence-corrected chi connectivity index (χ0v) is 16.1. The van der Waals surface area contributed by atoms with Gasteiger partial charge in [0, 0.05) is 12.3 Å². The second-order valence-electron chi connectivity index (χ2n) is 5.27. The van der Waals surface area contributed by atoms with E-state index in [4.69, 9.17) is 4.74 Å². The molecule has 0 aliphatic carbocycles. The van der Waals surface area contributed by atoms with Crippen LogP contribution in [0.25, 0.3) is 0 Å². The second kappa shape index (κ2) is 8.09. The normalized spacial score (nSPS) is 12.6. The average molecular weight is 414 g/mol. The highest BCUT2D eigenvalue weighted by atomic mass is 32.3. The minimum atomic E-state index is -4.81. The first kappa shape index (κ1) is 20.3. The highest BCUT2D eigenvalue weighted by Gasteiger charge is 2.32. The van der Waals surface area contributed by atoms with Gasteiger partial charge in [0.05, 0.1) is 0 Å². The lowest BCUT2D eigenvalue weighted by Gasteiger charge is -2.07. The largest absolute Gasteiger partial charge is 0.625 e. The molecule has 10 heteroatoms. The van der Waals surface area contributed by atoms with Gasteiger partial charge in [0.15, 0.2) is 0 Å². The third-order valence-electron chi connectivity index (χ3n) is 3.09. The predicted octanol–water partition coefficient (Wildman–Crippen LogP) is 0.987. The Morgan fingerprint density at radius 1 is 1.08 bits per heavy atom. The molecule has 0 radical (unpaired) electrons. The molecule has 0 bridgehead atoms. The van der Waals surface area contributed by atoms with Crippen molar-refractivity contribution in [1.29, 1.82) is 0 Å². The molecule has 2 rings (SSSR count). The number of carbonyl (C=O) groups is 1. The van der Waals surface area contributed by atoms with Crippen LogP contribution >= 0.6 is 7.77 Å². The van der Waals surface area contributed by atoms with Gasteiger partial charge < -0.3 is 9.63 Å². The van der Waals surface area contributed by atoms with E-state index in [1.165, 1.54) is 18.2 Å². The molecule has 7 nitrogen and oxygen atoms in total. The topological polar surface area (TPSA) is 118 Å². The van der Waals surface area contributed by atoms with Crippen molar-refractivity contribution in [2.75, 3.05) is 6.26 Å². The van der Waals surface area contributed by atoms with Crippen LogP contribution in [0.15, 0.2) is 54.6 Å². The number of rotatable bonds is 5. The standard InChI is InChI=1S/C16H15O7PS2/c1-25(19,20)16(17)26(21,22)12-24(18)15-9-5-8-14(10-15)23-11-13-6-3-2-4-7-13/h2-10,12H,11H2,1H3. The summed E-state index contributed by atoms with van der Waals surface area (Å²) >= 11 is 0. The first-order valence-corrected chi connectivity index (χ1v) is 11.9. The molecular formula is C16H15O7PS2. The second-order valence-corrected chi connectivity index (χ2v) is 10.9. The Morgan fingerprint density at radius 3 is 2.35 bits per heavy atom. The fraction of sp³-hybridized carbons (Fsp3) is 0.125. The van der Waals surface area contributed by atoms with Crippen molar-refractivity contribution >= 4 is 42.3 Å². The Kier molecular flexibility index (Phi) is 6.30. The molecule has 1 unspecified atom stereocenters. The zero-order valence-electron chi connectivity index (χ0n) is 13.6. The Morgan fingerprint density at radius 2 is 1.73 bits per heavy atom. The lowest BCUT2D eigenvalue weighted by molar-refractivity contribution is -0.149. The van der Waals surface area contributed by atoms with Crippen molar-refractivity contribution in [3.8, 4) is 5.75 Å². The maximum atomic E-state index is 12.2. The zero-order chi connectivity index (χ0) is 19.4. The summed E-state index contributed by atoms with van der Waals surface area (Å²) in [6.45, 7) is 0.260. The Bertz CT molecular complexity index is 1040. The van der Waals surface area contributed by atoms with Gasteiger partial charge in [-0.3, -0.25) is 4.79 Å². The van der Waals surface area contributed by atoms with Gasteiger partial charge in [0.25, 0.3) is 9.84 Å². The smallest absolute Gasteiger partial charge is 0.367 e. The van der Waals surface area contributed by atoms with Crippen molar-refractivity contribution in [3.63, 3.8) is 0 Å². The van der Waals surface area contributed by atoms with Gasteiger partial charge in [-0.15, -0.1) is 0 Å². The minimum Gasteiger partial charge on any atom is -0.625 e. The summed E-state index contributed by atoms with van der Waals surface area (Å²) in [5.41, 5.74) is 0.912. The molecule has 1 atom stereocenters. The van der Waals surface area contributed by atoms with Gasteiger partial charge in [-0.2, -0.15) is 0 Å². The van der Waals surface area contributed by atoms with Gasteiger partial charge in [-0.25, -0.2) is 16.8 Å². The molecule has 2 aromatic carbocycles. The van der Waals surface area contributed by atoms with E-state index in [0.29, 0.717) is 12.0 Å². The quantitative estimate of drug-likeness (QED) is 0.670. The number of benzene rings is 2. The van der Waals surface area contributed by atoms with E-state index in [2.05, 4.69) is 0 Å². The van der Waals surface area contributed by atoms with Gasteiger partial charge in [-0.05, 0) is 17.7 Å². The molecule has 0 amide bonds. The van der Waals surface area contributed by atoms with Crippen LogP contribution in [0.1, 0.15) is 5.56 Å². The molecule has 0 saturated carbocycles. The number of hydrogen-bond acceptors (Lipinski definition) is 7. The molecule has 26 heavy (non-hydrogen) atoms. The highest BCUT2D eigenvalue weighted by Crippen LogP contribution is 2.18. The van der Waals surface area contributed by atoms with Crippen molar-refractivity contribution in [2.24, 2.45) is 0 Å². The van der Waals surface area contributed by atoms with Crippen LogP contribution in [0.5, 0.6) is 5.75 Å². The molecule has 0 N–H and O–H groups in total. The van der Waals surface area contributed by atoms with Crippen molar-refractivity contribution in [1.82, 2.24) is 0 Å². The van der Waals surface area contributed by atoms with Gasteiger partial charge >= 0.3 is 4.45 Å². The van der Waals surface area contributed by atoms with Crippen molar-refractivity contribution in [2.45, 2.75) is 6.61 Å². The molecule has 0 saturated heterocycles. The minimum absolute atomic E-state index is 0.0930. The SMILES string of the molecule is CS(=O)(=O)C(=O)S(=O)(=O)C=[P+]([O-])c1cccc(OCc2ccccc2)c1. The predicted molar refractivity (Wildman–Crippen MR) is 99.0 cm³/mol. The summed E-state index contributed by atoms with van der Waals surface area (Å²) in [4.78, 5) is 23.6. The van der Waals surface area contributed by atoms with E-state index in [9.17, 15) is 26.5 Å². The maximum Gasteiger partial charge on any atom is 0.367 e. The fourth-order valence-electron chi connectivity index (χ4n) is 1.89. The number of hydrogen-bond donors (Lipinski definition) is 0. The lowest BCUT2D eigenvalue weighted by atomic mass is 10.2. The van der Waals surface area contributed by atoms with Crippen LogP contribution in [0.2, 0.25) is 0 Å². The molecule has 0 aliphatic heterocycles. The van der Waals surface area contributed by atoms with E-state index in [1.807, 2.05) is 30.3 Å². The lowest BCUT2D eigenvalue weighted by Crippen LogP contribution is -2.23. The maximum absolute atomic E-state index is 12.2. The fourth-order valence-corrected chi connectivity index (χ4v) is 6.29. The summed E-state index contributed by atoms with van der Waals surface area (Å²) in [5, 5.41) is 0.345.